The van der Waals surface area contributed by atoms with Crippen molar-refractivity contribution in [1.82, 2.24) is 19.9 Å². The van der Waals surface area contributed by atoms with E-state index in [4.69, 9.17) is 9.26 Å². The molecule has 4 rings (SSSR count). The molecule has 2 amide bonds. The third-order valence-electron chi connectivity index (χ3n) is 6.24. The summed E-state index contributed by atoms with van der Waals surface area (Å²) in [6.45, 7) is 9.36. The van der Waals surface area contributed by atoms with Gasteiger partial charge in [0.25, 0.3) is 0 Å². The number of likely N-dealkylation sites (tertiary alicyclic amines) is 1. The van der Waals surface area contributed by atoms with Gasteiger partial charge < -0.3 is 19.1 Å². The van der Waals surface area contributed by atoms with E-state index in [1.165, 1.54) is 6.26 Å². The first-order chi connectivity index (χ1) is 15.5. The van der Waals surface area contributed by atoms with Crippen molar-refractivity contribution in [2.75, 3.05) is 45.6 Å². The minimum Gasteiger partial charge on any atom is -0.378 e. The number of benzene rings is 1. The van der Waals surface area contributed by atoms with Crippen molar-refractivity contribution in [2.45, 2.75) is 49.3 Å². The van der Waals surface area contributed by atoms with Crippen molar-refractivity contribution in [3.8, 4) is 0 Å². The molecule has 2 saturated heterocycles. The minimum absolute atomic E-state index is 0.0173. The minimum atomic E-state index is -3.27. The fourth-order valence-corrected chi connectivity index (χ4v) is 4.95. The van der Waals surface area contributed by atoms with Crippen LogP contribution in [-0.2, 0) is 20.0 Å². The van der Waals surface area contributed by atoms with Crippen LogP contribution in [0.5, 0.6) is 0 Å². The lowest BCUT2D eigenvalue weighted by molar-refractivity contribution is 0.0392. The van der Waals surface area contributed by atoms with Crippen LogP contribution in [0.25, 0.3) is 0 Å². The second-order valence-corrected chi connectivity index (χ2v) is 12.0. The highest BCUT2D eigenvalue weighted by Crippen LogP contribution is 2.36. The van der Waals surface area contributed by atoms with Crippen LogP contribution in [0.1, 0.15) is 56.3 Å². The quantitative estimate of drug-likeness (QED) is 0.671. The monoisotopic (exact) mass is 476 g/mol. The van der Waals surface area contributed by atoms with Gasteiger partial charge in [-0.1, -0.05) is 38.1 Å². The van der Waals surface area contributed by atoms with Crippen molar-refractivity contribution in [1.29, 1.82) is 0 Å². The molecule has 0 saturated carbocycles. The van der Waals surface area contributed by atoms with Crippen molar-refractivity contribution in [3.63, 3.8) is 0 Å². The number of morpholine rings is 1. The molecule has 2 atom stereocenters. The van der Waals surface area contributed by atoms with E-state index in [1.54, 1.807) is 12.1 Å². The van der Waals surface area contributed by atoms with Crippen LogP contribution in [0.2, 0.25) is 0 Å². The zero-order valence-electron chi connectivity index (χ0n) is 19.7. The summed E-state index contributed by atoms with van der Waals surface area (Å²) in [6.07, 6.45) is 1.93. The number of piperidine rings is 1. The molecule has 2 fully saturated rings. The SMILES string of the molecule is CC(C)(C)c1noc(C2CC(c3ccc(S(C)(=O)=O)cc3)CN(C(=O)N3CCOCC3)C2)n1. The molecule has 0 spiro atoms. The Morgan fingerprint density at radius 1 is 1.03 bits per heavy atom. The number of sulfone groups is 1. The molecule has 33 heavy (non-hydrogen) atoms. The molecule has 2 aromatic rings. The lowest BCUT2D eigenvalue weighted by Crippen LogP contribution is -2.52. The number of rotatable bonds is 3. The molecular weight excluding hydrogens is 444 g/mol. The van der Waals surface area contributed by atoms with Crippen LogP contribution in [0, 0.1) is 0 Å². The Labute approximate surface area is 195 Å². The Morgan fingerprint density at radius 2 is 1.67 bits per heavy atom. The van der Waals surface area contributed by atoms with E-state index in [0.29, 0.717) is 51.1 Å². The number of nitrogens with zero attached hydrogens (tertiary/aromatic N) is 4. The van der Waals surface area contributed by atoms with Crippen LogP contribution < -0.4 is 0 Å². The Bertz CT molecular complexity index is 1080. The molecule has 2 aliphatic heterocycles. The van der Waals surface area contributed by atoms with Gasteiger partial charge in [0, 0.05) is 43.8 Å². The lowest BCUT2D eigenvalue weighted by atomic mass is 9.84. The molecule has 9 nitrogen and oxygen atoms in total. The molecule has 3 heterocycles. The maximum atomic E-state index is 13.3. The maximum Gasteiger partial charge on any atom is 0.320 e. The second kappa shape index (κ2) is 9.06. The summed E-state index contributed by atoms with van der Waals surface area (Å²) in [4.78, 5) is 21.9. The van der Waals surface area contributed by atoms with Gasteiger partial charge in [0.1, 0.15) is 0 Å². The van der Waals surface area contributed by atoms with Crippen LogP contribution in [0.4, 0.5) is 4.79 Å². The largest absolute Gasteiger partial charge is 0.378 e. The molecule has 1 aromatic carbocycles. The van der Waals surface area contributed by atoms with Crippen LogP contribution in [0.3, 0.4) is 0 Å². The van der Waals surface area contributed by atoms with Gasteiger partial charge in [-0.3, -0.25) is 0 Å². The summed E-state index contributed by atoms with van der Waals surface area (Å²) in [6, 6.07) is 6.93. The average Bonchev–Trinajstić information content (AvgIpc) is 3.29. The van der Waals surface area contributed by atoms with E-state index in [2.05, 4.69) is 10.1 Å². The van der Waals surface area contributed by atoms with Gasteiger partial charge in [-0.15, -0.1) is 0 Å². The Balaban J connectivity index is 1.61. The third kappa shape index (κ3) is 5.38. The van der Waals surface area contributed by atoms with Gasteiger partial charge in [-0.05, 0) is 24.1 Å². The summed E-state index contributed by atoms with van der Waals surface area (Å²) < 4.78 is 34.8. The molecule has 0 N–H and O–H groups in total. The number of carbonyl (C=O) groups excluding carboxylic acids is 1. The van der Waals surface area contributed by atoms with Gasteiger partial charge in [-0.25, -0.2) is 13.2 Å². The van der Waals surface area contributed by atoms with E-state index in [-0.39, 0.29) is 28.2 Å². The van der Waals surface area contributed by atoms with Crippen LogP contribution in [0.15, 0.2) is 33.7 Å². The molecule has 0 radical (unpaired) electrons. The van der Waals surface area contributed by atoms with E-state index in [0.717, 1.165) is 12.0 Å². The Kier molecular flexibility index (Phi) is 6.50. The van der Waals surface area contributed by atoms with E-state index in [1.807, 2.05) is 42.7 Å². The summed E-state index contributed by atoms with van der Waals surface area (Å²) in [5.74, 6) is 1.10. The summed E-state index contributed by atoms with van der Waals surface area (Å²) >= 11 is 0. The number of aromatic nitrogens is 2. The molecule has 2 unspecified atom stereocenters. The van der Waals surface area contributed by atoms with Gasteiger partial charge in [0.05, 0.1) is 24.0 Å². The topological polar surface area (TPSA) is 106 Å². The fourth-order valence-electron chi connectivity index (χ4n) is 4.32. The zero-order valence-corrected chi connectivity index (χ0v) is 20.5. The van der Waals surface area contributed by atoms with Gasteiger partial charge in [0.2, 0.25) is 5.89 Å². The maximum absolute atomic E-state index is 13.3. The Morgan fingerprint density at radius 3 is 2.24 bits per heavy atom. The lowest BCUT2D eigenvalue weighted by Gasteiger charge is -2.40. The predicted octanol–water partition coefficient (Wildman–Crippen LogP) is 2.80. The molecular formula is C23H32N4O5S. The predicted molar refractivity (Wildman–Crippen MR) is 122 cm³/mol. The number of hydrogen-bond acceptors (Lipinski definition) is 7. The van der Waals surface area contributed by atoms with Crippen LogP contribution in [-0.4, -0.2) is 80.0 Å². The zero-order chi connectivity index (χ0) is 23.8. The van der Waals surface area contributed by atoms with Crippen molar-refractivity contribution >= 4 is 15.9 Å². The molecule has 10 heteroatoms. The second-order valence-electron chi connectivity index (χ2n) is 9.96. The summed E-state index contributed by atoms with van der Waals surface area (Å²) in [5, 5.41) is 4.18. The number of amides is 2. The molecule has 2 aliphatic rings. The van der Waals surface area contributed by atoms with Crippen molar-refractivity contribution < 1.29 is 22.5 Å². The number of ether oxygens (including phenoxy) is 1. The highest BCUT2D eigenvalue weighted by atomic mass is 32.2. The van der Waals surface area contributed by atoms with E-state index in [9.17, 15) is 13.2 Å². The number of urea groups is 1. The van der Waals surface area contributed by atoms with Gasteiger partial charge in [-0.2, -0.15) is 4.98 Å². The van der Waals surface area contributed by atoms with Crippen molar-refractivity contribution in [2.24, 2.45) is 0 Å². The highest BCUT2D eigenvalue weighted by molar-refractivity contribution is 7.90. The van der Waals surface area contributed by atoms with E-state index < -0.39 is 9.84 Å². The molecule has 0 bridgehead atoms. The summed E-state index contributed by atoms with van der Waals surface area (Å²) in [7, 11) is -3.27. The average molecular weight is 477 g/mol. The number of carbonyl (C=O) groups is 1. The Hall–Kier alpha value is -2.46. The van der Waals surface area contributed by atoms with Gasteiger partial charge in [0.15, 0.2) is 15.7 Å². The van der Waals surface area contributed by atoms with Crippen molar-refractivity contribution in [3.05, 3.63) is 41.5 Å². The first-order valence-electron chi connectivity index (χ1n) is 11.3. The molecule has 180 valence electrons. The standard InChI is InChI=1S/C23H32N4O5S/c1-23(2,3)21-24-20(32-25-21)18-13-17(16-5-7-19(8-6-16)33(4,29)30)14-27(15-18)22(28)26-9-11-31-12-10-26/h5-8,17-18H,9-15H2,1-4H3. The van der Waals surface area contributed by atoms with E-state index >= 15 is 0 Å². The normalized spacial score (nSPS) is 22.4. The first kappa shape index (κ1) is 23.7. The molecule has 0 aliphatic carbocycles. The fraction of sp³-hybridized carbons (Fsp3) is 0.609. The number of hydrogen-bond donors (Lipinski definition) is 0. The molecule has 1 aromatic heterocycles. The van der Waals surface area contributed by atoms with Crippen LogP contribution >= 0.6 is 0 Å². The highest BCUT2D eigenvalue weighted by Gasteiger charge is 2.37. The van der Waals surface area contributed by atoms with Gasteiger partial charge >= 0.3 is 6.03 Å². The third-order valence-corrected chi connectivity index (χ3v) is 7.37. The smallest absolute Gasteiger partial charge is 0.320 e. The first-order valence-corrected chi connectivity index (χ1v) is 13.2. The summed E-state index contributed by atoms with van der Waals surface area (Å²) in [5.41, 5.74) is 0.753.